The van der Waals surface area contributed by atoms with Crippen LogP contribution < -0.4 is 0 Å². The monoisotopic (exact) mass is 214 g/mol. The number of hydrogen-bond donors (Lipinski definition) is 1. The highest BCUT2D eigenvalue weighted by Crippen LogP contribution is 2.31. The lowest BCUT2D eigenvalue weighted by Crippen LogP contribution is -2.20. The van der Waals surface area contributed by atoms with E-state index >= 15 is 0 Å². The van der Waals surface area contributed by atoms with Gasteiger partial charge in [0.05, 0.1) is 17.8 Å². The lowest BCUT2D eigenvalue weighted by Gasteiger charge is -2.19. The van der Waals surface area contributed by atoms with Gasteiger partial charge in [-0.15, -0.1) is 0 Å². The van der Waals surface area contributed by atoms with E-state index < -0.39 is 0 Å². The lowest BCUT2D eigenvalue weighted by molar-refractivity contribution is -0.0201. The summed E-state index contributed by atoms with van der Waals surface area (Å²) in [6, 6.07) is 0. The number of ether oxygens (including phenoxy) is 1. The Labute approximate surface area is 94.0 Å². The van der Waals surface area contributed by atoms with Crippen molar-refractivity contribution in [2.45, 2.75) is 83.5 Å². The number of aliphatic hydroxyl groups is 1. The molecule has 2 nitrogen and oxygen atoms in total. The SMILES string of the molecule is CCCC(O)CCCC1CCC(C)(C)O1. The largest absolute Gasteiger partial charge is 0.393 e. The Balaban J connectivity index is 2.06. The van der Waals surface area contributed by atoms with E-state index in [0.29, 0.717) is 6.10 Å². The molecule has 1 aliphatic rings. The van der Waals surface area contributed by atoms with Crippen LogP contribution in [0.2, 0.25) is 0 Å². The first-order valence-electron chi connectivity index (χ1n) is 6.39. The molecule has 0 radical (unpaired) electrons. The highest BCUT2D eigenvalue weighted by Gasteiger charge is 2.30. The molecule has 0 aliphatic carbocycles. The maximum Gasteiger partial charge on any atom is 0.0631 e. The second-order valence-corrected chi connectivity index (χ2v) is 5.41. The van der Waals surface area contributed by atoms with Gasteiger partial charge in [-0.05, 0) is 52.4 Å². The number of rotatable bonds is 6. The van der Waals surface area contributed by atoms with Crippen molar-refractivity contribution in [3.8, 4) is 0 Å². The van der Waals surface area contributed by atoms with Crippen molar-refractivity contribution in [3.63, 3.8) is 0 Å². The van der Waals surface area contributed by atoms with Gasteiger partial charge in [-0.25, -0.2) is 0 Å². The molecule has 0 aromatic carbocycles. The zero-order valence-electron chi connectivity index (χ0n) is 10.5. The fourth-order valence-corrected chi connectivity index (χ4v) is 2.34. The number of aliphatic hydroxyl groups excluding tert-OH is 1. The van der Waals surface area contributed by atoms with Crippen LogP contribution in [0.25, 0.3) is 0 Å². The topological polar surface area (TPSA) is 29.5 Å². The summed E-state index contributed by atoms with van der Waals surface area (Å²) in [5, 5.41) is 9.58. The molecule has 90 valence electrons. The molecule has 0 bridgehead atoms. The first kappa shape index (κ1) is 13.0. The van der Waals surface area contributed by atoms with E-state index in [-0.39, 0.29) is 11.7 Å². The van der Waals surface area contributed by atoms with Gasteiger partial charge in [-0.1, -0.05) is 13.3 Å². The van der Waals surface area contributed by atoms with Gasteiger partial charge in [0, 0.05) is 0 Å². The van der Waals surface area contributed by atoms with E-state index in [4.69, 9.17) is 4.74 Å². The minimum Gasteiger partial charge on any atom is -0.393 e. The summed E-state index contributed by atoms with van der Waals surface area (Å²) in [4.78, 5) is 0. The van der Waals surface area contributed by atoms with Crippen molar-refractivity contribution < 1.29 is 9.84 Å². The van der Waals surface area contributed by atoms with E-state index in [1.165, 1.54) is 12.8 Å². The summed E-state index contributed by atoms with van der Waals surface area (Å²) in [7, 11) is 0. The van der Waals surface area contributed by atoms with Crippen LogP contribution in [0.1, 0.15) is 65.7 Å². The molecule has 15 heavy (non-hydrogen) atoms. The third kappa shape index (κ3) is 4.98. The van der Waals surface area contributed by atoms with Crippen LogP contribution in [0.4, 0.5) is 0 Å². The Morgan fingerprint density at radius 2 is 2.13 bits per heavy atom. The van der Waals surface area contributed by atoms with Crippen LogP contribution in [0.15, 0.2) is 0 Å². The predicted molar refractivity (Wildman–Crippen MR) is 63.0 cm³/mol. The van der Waals surface area contributed by atoms with Crippen molar-refractivity contribution in [2.24, 2.45) is 0 Å². The highest BCUT2D eigenvalue weighted by atomic mass is 16.5. The maximum atomic E-state index is 9.58. The quantitative estimate of drug-likeness (QED) is 0.735. The van der Waals surface area contributed by atoms with Gasteiger partial charge in [0.25, 0.3) is 0 Å². The summed E-state index contributed by atoms with van der Waals surface area (Å²) >= 11 is 0. The van der Waals surface area contributed by atoms with Crippen LogP contribution in [0.3, 0.4) is 0 Å². The van der Waals surface area contributed by atoms with Crippen LogP contribution >= 0.6 is 0 Å². The molecule has 0 spiro atoms. The van der Waals surface area contributed by atoms with E-state index in [9.17, 15) is 5.11 Å². The van der Waals surface area contributed by atoms with E-state index in [1.54, 1.807) is 0 Å². The second-order valence-electron chi connectivity index (χ2n) is 5.41. The summed E-state index contributed by atoms with van der Waals surface area (Å²) in [6.45, 7) is 6.45. The van der Waals surface area contributed by atoms with Gasteiger partial charge in [0.2, 0.25) is 0 Å². The molecular formula is C13H26O2. The molecule has 0 aromatic heterocycles. The number of hydrogen-bond acceptors (Lipinski definition) is 2. The molecule has 1 aliphatic heterocycles. The Morgan fingerprint density at radius 3 is 2.67 bits per heavy atom. The van der Waals surface area contributed by atoms with Gasteiger partial charge in [0.15, 0.2) is 0 Å². The summed E-state index contributed by atoms with van der Waals surface area (Å²) in [6.07, 6.45) is 7.88. The molecule has 1 fully saturated rings. The van der Waals surface area contributed by atoms with Crippen LogP contribution in [0.5, 0.6) is 0 Å². The molecule has 0 saturated carbocycles. The summed E-state index contributed by atoms with van der Waals surface area (Å²) in [5.74, 6) is 0. The van der Waals surface area contributed by atoms with Gasteiger partial charge in [0.1, 0.15) is 0 Å². The molecule has 2 unspecified atom stereocenters. The third-order valence-corrected chi connectivity index (χ3v) is 3.24. The normalized spacial score (nSPS) is 26.8. The summed E-state index contributed by atoms with van der Waals surface area (Å²) in [5.41, 5.74) is 0.0900. The molecule has 2 atom stereocenters. The third-order valence-electron chi connectivity index (χ3n) is 3.24. The van der Waals surface area contributed by atoms with Crippen molar-refractivity contribution >= 4 is 0 Å². The van der Waals surface area contributed by atoms with Crippen LogP contribution in [-0.4, -0.2) is 22.9 Å². The smallest absolute Gasteiger partial charge is 0.0631 e. The molecule has 1 saturated heterocycles. The Bertz CT molecular complexity index is 177. The van der Waals surface area contributed by atoms with Crippen molar-refractivity contribution in [1.82, 2.24) is 0 Å². The molecule has 1 N–H and O–H groups in total. The lowest BCUT2D eigenvalue weighted by atomic mass is 10.0. The second kappa shape index (κ2) is 5.86. The zero-order valence-corrected chi connectivity index (χ0v) is 10.5. The first-order valence-corrected chi connectivity index (χ1v) is 6.39. The molecule has 1 rings (SSSR count). The summed E-state index contributed by atoms with van der Waals surface area (Å²) < 4.78 is 5.91. The highest BCUT2D eigenvalue weighted by molar-refractivity contribution is 4.80. The van der Waals surface area contributed by atoms with Crippen molar-refractivity contribution in [2.75, 3.05) is 0 Å². The van der Waals surface area contributed by atoms with Gasteiger partial charge >= 0.3 is 0 Å². The molecule has 1 heterocycles. The first-order chi connectivity index (χ1) is 7.03. The van der Waals surface area contributed by atoms with Crippen molar-refractivity contribution in [1.29, 1.82) is 0 Å². The molecular weight excluding hydrogens is 188 g/mol. The van der Waals surface area contributed by atoms with Crippen LogP contribution in [-0.2, 0) is 4.74 Å². The standard InChI is InChI=1S/C13H26O2/c1-4-6-11(14)7-5-8-12-9-10-13(2,3)15-12/h11-12,14H,4-10H2,1-3H3. The van der Waals surface area contributed by atoms with Crippen LogP contribution in [0, 0.1) is 0 Å². The van der Waals surface area contributed by atoms with Gasteiger partial charge < -0.3 is 9.84 Å². The fraction of sp³-hybridized carbons (Fsp3) is 1.00. The molecule has 0 amide bonds. The Hall–Kier alpha value is -0.0800. The minimum atomic E-state index is -0.0931. The van der Waals surface area contributed by atoms with Crippen molar-refractivity contribution in [3.05, 3.63) is 0 Å². The predicted octanol–water partition coefficient (Wildman–Crippen LogP) is 3.28. The molecule has 2 heteroatoms. The minimum absolute atomic E-state index is 0.0900. The Kier molecular flexibility index (Phi) is 5.07. The Morgan fingerprint density at radius 1 is 1.40 bits per heavy atom. The average molecular weight is 214 g/mol. The maximum absolute atomic E-state index is 9.58. The fourth-order valence-electron chi connectivity index (χ4n) is 2.34. The zero-order chi connectivity index (χ0) is 11.3. The molecule has 0 aromatic rings. The van der Waals surface area contributed by atoms with E-state index in [0.717, 1.165) is 32.1 Å². The van der Waals surface area contributed by atoms with E-state index in [1.807, 2.05) is 0 Å². The van der Waals surface area contributed by atoms with Gasteiger partial charge in [-0.2, -0.15) is 0 Å². The average Bonchev–Trinajstić information content (AvgIpc) is 2.46. The van der Waals surface area contributed by atoms with E-state index in [2.05, 4.69) is 20.8 Å². The van der Waals surface area contributed by atoms with Gasteiger partial charge in [-0.3, -0.25) is 0 Å².